The minimum atomic E-state index is -0.0387. The highest BCUT2D eigenvalue weighted by Gasteiger charge is 2.06. The zero-order chi connectivity index (χ0) is 14.0. The smallest absolute Gasteiger partial charge is 0.224 e. The van der Waals surface area contributed by atoms with Gasteiger partial charge < -0.3 is 10.1 Å². The number of halogens is 1. The van der Waals surface area contributed by atoms with Gasteiger partial charge in [0, 0.05) is 12.5 Å². The van der Waals surface area contributed by atoms with Crippen molar-refractivity contribution in [3.8, 4) is 0 Å². The van der Waals surface area contributed by atoms with Gasteiger partial charge in [0.1, 0.15) is 5.76 Å². The zero-order valence-corrected chi connectivity index (χ0v) is 12.1. The number of hydrogen-bond acceptors (Lipinski definition) is 2. The molecule has 1 N–H and O–H groups in total. The minimum absolute atomic E-state index is 0.0387. The Hall–Kier alpha value is -1.22. The fourth-order valence-corrected chi connectivity index (χ4v) is 1.69. The Morgan fingerprint density at radius 1 is 1.56 bits per heavy atom. The van der Waals surface area contributed by atoms with Crippen molar-refractivity contribution in [1.82, 2.24) is 5.32 Å². The monoisotopic (exact) mass is 271 g/mol. The third-order valence-corrected chi connectivity index (χ3v) is 2.66. The van der Waals surface area contributed by atoms with Gasteiger partial charge in [-0.25, -0.2) is 0 Å². The lowest BCUT2D eigenvalue weighted by molar-refractivity contribution is -0.120. The van der Waals surface area contributed by atoms with Crippen LogP contribution in [0.2, 0.25) is 0 Å². The number of hydrogen-bond donors (Lipinski definition) is 1. The second-order valence-electron chi connectivity index (χ2n) is 3.98. The molecule has 102 valence electrons. The molecule has 0 bridgehead atoms. The Morgan fingerprint density at radius 3 is 2.72 bits per heavy atom. The van der Waals surface area contributed by atoms with E-state index < -0.39 is 0 Å². The third-order valence-electron chi connectivity index (χ3n) is 2.32. The van der Waals surface area contributed by atoms with Crippen LogP contribution in [0.3, 0.4) is 0 Å². The highest BCUT2D eigenvalue weighted by atomic mass is 35.5. The molecule has 0 aliphatic carbocycles. The van der Waals surface area contributed by atoms with E-state index in [1.807, 2.05) is 6.92 Å². The maximum Gasteiger partial charge on any atom is 0.224 e. The Kier molecular flexibility index (Phi) is 9.11. The zero-order valence-electron chi connectivity index (χ0n) is 11.3. The van der Waals surface area contributed by atoms with Gasteiger partial charge in [0.15, 0.2) is 0 Å². The normalized spacial score (nSPS) is 14.0. The maximum atomic E-state index is 11.6. The summed E-state index contributed by atoms with van der Waals surface area (Å²) in [5.41, 5.74) is 0. The van der Waals surface area contributed by atoms with Crippen LogP contribution in [-0.4, -0.2) is 19.1 Å². The molecule has 0 rings (SSSR count). The summed E-state index contributed by atoms with van der Waals surface area (Å²) in [7, 11) is 1.52. The lowest BCUT2D eigenvalue weighted by atomic mass is 10.2. The van der Waals surface area contributed by atoms with Crippen LogP contribution >= 0.6 is 11.6 Å². The van der Waals surface area contributed by atoms with Crippen molar-refractivity contribution in [2.75, 3.05) is 7.11 Å². The Labute approximate surface area is 115 Å². The number of amides is 1. The molecule has 0 spiro atoms. The number of rotatable bonds is 8. The molecule has 0 aliphatic rings. The van der Waals surface area contributed by atoms with E-state index in [1.165, 1.54) is 7.11 Å². The number of nitrogens with one attached hydrogen (secondary N) is 1. The molecule has 0 aromatic heterocycles. The summed E-state index contributed by atoms with van der Waals surface area (Å²) in [5, 5.41) is 3.32. The lowest BCUT2D eigenvalue weighted by Crippen LogP contribution is -2.31. The van der Waals surface area contributed by atoms with Crippen molar-refractivity contribution in [2.24, 2.45) is 0 Å². The average Bonchev–Trinajstić information content (AvgIpc) is 2.33. The van der Waals surface area contributed by atoms with Gasteiger partial charge in [0.05, 0.1) is 12.1 Å². The van der Waals surface area contributed by atoms with Crippen LogP contribution < -0.4 is 5.32 Å². The van der Waals surface area contributed by atoms with Gasteiger partial charge in [-0.1, -0.05) is 43.7 Å². The van der Waals surface area contributed by atoms with Crippen LogP contribution in [-0.2, 0) is 9.53 Å². The van der Waals surface area contributed by atoms with Crippen LogP contribution in [0.25, 0.3) is 0 Å². The van der Waals surface area contributed by atoms with Crippen LogP contribution in [0, 0.1) is 0 Å². The first-order chi connectivity index (χ1) is 8.54. The van der Waals surface area contributed by atoms with Gasteiger partial charge in [0.2, 0.25) is 5.91 Å². The Bertz CT molecular complexity index is 335. The Balaban J connectivity index is 4.32. The second-order valence-corrected chi connectivity index (χ2v) is 4.39. The highest BCUT2D eigenvalue weighted by Crippen LogP contribution is 2.16. The molecule has 0 saturated heterocycles. The molecule has 0 fully saturated rings. The summed E-state index contributed by atoms with van der Waals surface area (Å²) in [5.74, 6) is 0.462. The summed E-state index contributed by atoms with van der Waals surface area (Å²) >= 11 is 6.01. The SMILES string of the molecule is C=C/C=C(OC)\C(Cl)=C/CC(=O)NC(C)CCC. The molecular weight excluding hydrogens is 250 g/mol. The molecule has 4 heteroatoms. The van der Waals surface area contributed by atoms with Crippen molar-refractivity contribution in [2.45, 2.75) is 39.2 Å². The van der Waals surface area contributed by atoms with Gasteiger partial charge >= 0.3 is 0 Å². The summed E-state index contributed by atoms with van der Waals surface area (Å²) in [6.07, 6.45) is 7.13. The number of carbonyl (C=O) groups is 1. The van der Waals surface area contributed by atoms with E-state index >= 15 is 0 Å². The molecule has 3 nitrogen and oxygen atoms in total. The first kappa shape index (κ1) is 16.8. The van der Waals surface area contributed by atoms with Crippen LogP contribution in [0.5, 0.6) is 0 Å². The first-order valence-corrected chi connectivity index (χ1v) is 6.45. The van der Waals surface area contributed by atoms with Gasteiger partial charge in [-0.3, -0.25) is 4.79 Å². The van der Waals surface area contributed by atoms with Gasteiger partial charge in [0.25, 0.3) is 0 Å². The molecule has 0 aromatic rings. The van der Waals surface area contributed by atoms with E-state index in [0.29, 0.717) is 10.8 Å². The van der Waals surface area contributed by atoms with Crippen molar-refractivity contribution < 1.29 is 9.53 Å². The molecule has 0 aliphatic heterocycles. The summed E-state index contributed by atoms with van der Waals surface area (Å²) < 4.78 is 5.06. The maximum absolute atomic E-state index is 11.6. The lowest BCUT2D eigenvalue weighted by Gasteiger charge is -2.11. The van der Waals surface area contributed by atoms with E-state index in [4.69, 9.17) is 16.3 Å². The molecule has 0 heterocycles. The highest BCUT2D eigenvalue weighted by molar-refractivity contribution is 6.31. The van der Waals surface area contributed by atoms with Gasteiger partial charge in [-0.05, 0) is 19.4 Å². The molecule has 18 heavy (non-hydrogen) atoms. The number of ether oxygens (including phenoxy) is 1. The summed E-state index contributed by atoms with van der Waals surface area (Å²) in [6.45, 7) is 7.64. The van der Waals surface area contributed by atoms with E-state index in [1.54, 1.807) is 18.2 Å². The van der Waals surface area contributed by atoms with Crippen LogP contribution in [0.15, 0.2) is 35.6 Å². The second kappa shape index (κ2) is 9.77. The van der Waals surface area contributed by atoms with Crippen LogP contribution in [0.1, 0.15) is 33.1 Å². The van der Waals surface area contributed by atoms with Crippen molar-refractivity contribution >= 4 is 17.5 Å². The van der Waals surface area contributed by atoms with Crippen molar-refractivity contribution in [1.29, 1.82) is 0 Å². The molecule has 0 radical (unpaired) electrons. The van der Waals surface area contributed by atoms with E-state index in [9.17, 15) is 4.79 Å². The summed E-state index contributed by atoms with van der Waals surface area (Å²) in [4.78, 5) is 11.6. The molecule has 0 saturated carbocycles. The topological polar surface area (TPSA) is 38.3 Å². The Morgan fingerprint density at radius 2 is 2.22 bits per heavy atom. The average molecular weight is 272 g/mol. The molecular formula is C14H22ClNO2. The standard InChI is InChI=1S/C14H22ClNO2/c1-5-7-11(3)16-14(17)10-9-12(15)13(18-4)8-6-2/h6,8-9,11H,2,5,7,10H2,1,3-4H3,(H,16,17)/b12-9+,13-8+. The van der Waals surface area contributed by atoms with Gasteiger partial charge in [-0.2, -0.15) is 0 Å². The quantitative estimate of drug-likeness (QED) is 0.542. The molecule has 1 amide bonds. The van der Waals surface area contributed by atoms with E-state index in [-0.39, 0.29) is 18.4 Å². The third kappa shape index (κ3) is 7.17. The number of carbonyl (C=O) groups excluding carboxylic acids is 1. The number of methoxy groups -OCH3 is 1. The molecule has 0 aromatic carbocycles. The first-order valence-electron chi connectivity index (χ1n) is 6.07. The fourth-order valence-electron chi connectivity index (χ4n) is 1.47. The summed E-state index contributed by atoms with van der Waals surface area (Å²) in [6, 6.07) is 0.195. The van der Waals surface area contributed by atoms with E-state index in [2.05, 4.69) is 18.8 Å². The van der Waals surface area contributed by atoms with Crippen LogP contribution in [0.4, 0.5) is 0 Å². The fraction of sp³-hybridized carbons (Fsp3) is 0.500. The number of allylic oxidation sites excluding steroid dienone is 3. The predicted octanol–water partition coefficient (Wildman–Crippen LogP) is 3.52. The van der Waals surface area contributed by atoms with Gasteiger partial charge in [-0.15, -0.1) is 0 Å². The van der Waals surface area contributed by atoms with E-state index in [0.717, 1.165) is 12.8 Å². The van der Waals surface area contributed by atoms with Crippen molar-refractivity contribution in [3.05, 3.63) is 35.6 Å². The molecule has 1 unspecified atom stereocenters. The predicted molar refractivity (Wildman–Crippen MR) is 76.4 cm³/mol. The molecule has 1 atom stereocenters. The van der Waals surface area contributed by atoms with Crippen molar-refractivity contribution in [3.63, 3.8) is 0 Å². The minimum Gasteiger partial charge on any atom is -0.495 e. The largest absolute Gasteiger partial charge is 0.495 e.